The highest BCUT2D eigenvalue weighted by molar-refractivity contribution is 7.21. The molecule has 186 valence electrons. The van der Waals surface area contributed by atoms with Crippen LogP contribution in [-0.2, 0) is 30.4 Å². The Morgan fingerprint density at radius 2 is 1.94 bits per heavy atom. The Morgan fingerprint density at radius 1 is 1.17 bits per heavy atom. The number of esters is 1. The molecule has 5 rings (SSSR count). The van der Waals surface area contributed by atoms with Crippen LogP contribution in [-0.4, -0.2) is 24.0 Å². The van der Waals surface area contributed by atoms with Crippen LogP contribution in [0.5, 0.6) is 0 Å². The number of aromatic nitrogens is 1. The van der Waals surface area contributed by atoms with E-state index in [0.717, 1.165) is 60.0 Å². The number of carbonyl (C=O) groups excluding carboxylic acids is 2. The molecule has 35 heavy (non-hydrogen) atoms. The van der Waals surface area contributed by atoms with Crippen molar-refractivity contribution in [2.24, 2.45) is 17.3 Å². The van der Waals surface area contributed by atoms with Crippen LogP contribution in [0.3, 0.4) is 0 Å². The Kier molecular flexibility index (Phi) is 6.16. The van der Waals surface area contributed by atoms with E-state index in [1.807, 2.05) is 0 Å². The zero-order valence-corrected chi connectivity index (χ0v) is 22.7. The minimum absolute atomic E-state index is 0.187. The number of rotatable bonds is 3. The maximum Gasteiger partial charge on any atom is 0.341 e. The van der Waals surface area contributed by atoms with Crippen molar-refractivity contribution in [2.75, 3.05) is 18.2 Å². The van der Waals surface area contributed by atoms with Crippen LogP contribution in [0.15, 0.2) is 6.07 Å². The van der Waals surface area contributed by atoms with Gasteiger partial charge in [-0.3, -0.25) is 4.79 Å². The maximum absolute atomic E-state index is 13.4. The number of hydrogen-bond acceptors (Lipinski definition) is 7. The fraction of sp³-hybridized carbons (Fsp3) is 0.519. The predicted molar refractivity (Wildman–Crippen MR) is 144 cm³/mol. The number of fused-ring (bicyclic) bond motifs is 3. The second-order valence-electron chi connectivity index (χ2n) is 11.1. The Hall–Kier alpha value is -2.45. The number of carbonyl (C=O) groups is 2. The van der Waals surface area contributed by atoms with E-state index in [-0.39, 0.29) is 11.3 Å². The van der Waals surface area contributed by atoms with Crippen molar-refractivity contribution >= 4 is 55.5 Å². The molecule has 0 saturated heterocycles. The topological polar surface area (TPSA) is 94.3 Å². The van der Waals surface area contributed by atoms with Gasteiger partial charge >= 0.3 is 5.97 Å². The summed E-state index contributed by atoms with van der Waals surface area (Å²) in [6.45, 7) is 9.04. The highest BCUT2D eigenvalue weighted by Crippen LogP contribution is 2.45. The molecule has 2 aliphatic rings. The standard InChI is InChI=1S/C27H33N3O3S2/c1-13-6-9-18-14(10-13)11-17-21(28)22(35-24(17)29-18)23(31)30-25-20(26(32)33-5)16-8-7-15(27(2,3)4)12-19(16)34-25/h11,13,15H,6-10,12,28H2,1-5H3,(H,30,31). The number of nitrogens with one attached hydrogen (secondary N) is 1. The predicted octanol–water partition coefficient (Wildman–Crippen LogP) is 6.25. The molecule has 0 aromatic carbocycles. The Bertz CT molecular complexity index is 1330. The minimum atomic E-state index is -0.403. The summed E-state index contributed by atoms with van der Waals surface area (Å²) in [6, 6.07) is 2.12. The molecule has 2 aliphatic carbocycles. The van der Waals surface area contributed by atoms with Gasteiger partial charge in [-0.05, 0) is 73.0 Å². The van der Waals surface area contributed by atoms with Gasteiger partial charge in [-0.25, -0.2) is 9.78 Å². The number of methoxy groups -OCH3 is 1. The first-order valence-electron chi connectivity index (χ1n) is 12.3. The Morgan fingerprint density at radius 3 is 2.66 bits per heavy atom. The number of pyridine rings is 1. The average molecular weight is 512 g/mol. The molecule has 3 N–H and O–H groups in total. The number of nitrogens with zero attached hydrogens (tertiary/aromatic N) is 1. The highest BCUT2D eigenvalue weighted by atomic mass is 32.1. The number of aryl methyl sites for hydroxylation is 1. The number of nitrogen functional groups attached to an aromatic ring is 1. The van der Waals surface area contributed by atoms with Gasteiger partial charge in [0.05, 0.1) is 18.4 Å². The van der Waals surface area contributed by atoms with Crippen molar-refractivity contribution in [3.8, 4) is 0 Å². The van der Waals surface area contributed by atoms with Gasteiger partial charge in [0.25, 0.3) is 5.91 Å². The minimum Gasteiger partial charge on any atom is -0.465 e. The first kappa shape index (κ1) is 24.3. The molecule has 0 spiro atoms. The summed E-state index contributed by atoms with van der Waals surface area (Å²) in [5.74, 6) is 0.456. The molecule has 0 bridgehead atoms. The second-order valence-corrected chi connectivity index (χ2v) is 13.2. The summed E-state index contributed by atoms with van der Waals surface area (Å²) in [5, 5.41) is 4.41. The van der Waals surface area contributed by atoms with Crippen LogP contribution in [0.2, 0.25) is 0 Å². The van der Waals surface area contributed by atoms with Gasteiger partial charge in [-0.2, -0.15) is 0 Å². The molecular formula is C27H33N3O3S2. The molecule has 0 aliphatic heterocycles. The second kappa shape index (κ2) is 8.89. The lowest BCUT2D eigenvalue weighted by Crippen LogP contribution is -2.26. The van der Waals surface area contributed by atoms with E-state index in [0.29, 0.717) is 33.0 Å². The molecule has 2 unspecified atom stereocenters. The molecule has 0 radical (unpaired) electrons. The maximum atomic E-state index is 13.4. The molecule has 2 atom stereocenters. The van der Waals surface area contributed by atoms with Crippen LogP contribution >= 0.6 is 22.7 Å². The third kappa shape index (κ3) is 4.35. The number of nitrogens with two attached hydrogens (primary N) is 1. The van der Waals surface area contributed by atoms with Crippen molar-refractivity contribution in [1.82, 2.24) is 4.98 Å². The summed E-state index contributed by atoms with van der Waals surface area (Å²) in [7, 11) is 1.39. The fourth-order valence-corrected chi connectivity index (χ4v) is 7.73. The van der Waals surface area contributed by atoms with E-state index in [1.165, 1.54) is 40.2 Å². The van der Waals surface area contributed by atoms with Crippen molar-refractivity contribution in [3.05, 3.63) is 38.2 Å². The Labute approximate surface area is 214 Å². The average Bonchev–Trinajstić information content (AvgIpc) is 3.33. The van der Waals surface area contributed by atoms with Gasteiger partial charge in [0.15, 0.2) is 0 Å². The van der Waals surface area contributed by atoms with Gasteiger partial charge < -0.3 is 15.8 Å². The molecule has 6 nitrogen and oxygen atoms in total. The van der Waals surface area contributed by atoms with Gasteiger partial charge in [-0.15, -0.1) is 22.7 Å². The smallest absolute Gasteiger partial charge is 0.341 e. The molecule has 0 fully saturated rings. The van der Waals surface area contributed by atoms with E-state index in [2.05, 4.69) is 39.1 Å². The van der Waals surface area contributed by atoms with Gasteiger partial charge in [0, 0.05) is 16.0 Å². The molecule has 8 heteroatoms. The summed E-state index contributed by atoms with van der Waals surface area (Å²) >= 11 is 2.82. The first-order valence-corrected chi connectivity index (χ1v) is 13.9. The summed E-state index contributed by atoms with van der Waals surface area (Å²) < 4.78 is 5.10. The van der Waals surface area contributed by atoms with Crippen molar-refractivity contribution < 1.29 is 14.3 Å². The highest BCUT2D eigenvalue weighted by Gasteiger charge is 2.35. The SMILES string of the molecule is COC(=O)c1c(NC(=O)c2sc3nc4c(cc3c2N)CC(C)CC4)sc2c1CCC(C(C)(C)C)C2. The quantitative estimate of drug-likeness (QED) is 0.405. The summed E-state index contributed by atoms with van der Waals surface area (Å²) in [4.78, 5) is 33.4. The van der Waals surface area contributed by atoms with E-state index < -0.39 is 5.97 Å². The zero-order chi connectivity index (χ0) is 25.1. The fourth-order valence-electron chi connectivity index (χ4n) is 5.43. The van der Waals surface area contributed by atoms with Crippen molar-refractivity contribution in [2.45, 2.75) is 66.2 Å². The third-order valence-electron chi connectivity index (χ3n) is 7.64. The van der Waals surface area contributed by atoms with E-state index >= 15 is 0 Å². The van der Waals surface area contributed by atoms with Crippen LogP contribution in [0.4, 0.5) is 10.7 Å². The molecule has 3 aromatic heterocycles. The lowest BCUT2D eigenvalue weighted by atomic mass is 9.72. The first-order chi connectivity index (χ1) is 16.6. The summed E-state index contributed by atoms with van der Waals surface area (Å²) in [6.07, 6.45) is 5.83. The lowest BCUT2D eigenvalue weighted by molar-refractivity contribution is 0.0600. The van der Waals surface area contributed by atoms with Gasteiger partial charge in [-0.1, -0.05) is 27.7 Å². The van der Waals surface area contributed by atoms with E-state index in [9.17, 15) is 9.59 Å². The van der Waals surface area contributed by atoms with Crippen molar-refractivity contribution in [1.29, 1.82) is 0 Å². The number of thiophene rings is 2. The Balaban J connectivity index is 1.48. The van der Waals surface area contributed by atoms with Crippen LogP contribution in [0.25, 0.3) is 10.2 Å². The number of amides is 1. The molecule has 3 aromatic rings. The monoisotopic (exact) mass is 511 g/mol. The zero-order valence-electron chi connectivity index (χ0n) is 21.0. The van der Waals surface area contributed by atoms with Crippen LogP contribution in [0, 0.1) is 17.3 Å². The van der Waals surface area contributed by atoms with Crippen LogP contribution < -0.4 is 11.1 Å². The number of anilines is 2. The lowest BCUT2D eigenvalue weighted by Gasteiger charge is -2.33. The molecule has 0 saturated carbocycles. The van der Waals surface area contributed by atoms with Crippen LogP contribution in [0.1, 0.15) is 82.3 Å². The number of hydrogen-bond donors (Lipinski definition) is 2. The van der Waals surface area contributed by atoms with Gasteiger partial charge in [0.1, 0.15) is 14.7 Å². The molecule has 3 heterocycles. The number of ether oxygens (including phenoxy) is 1. The largest absolute Gasteiger partial charge is 0.465 e. The third-order valence-corrected chi connectivity index (χ3v) is 9.93. The van der Waals surface area contributed by atoms with E-state index in [4.69, 9.17) is 15.5 Å². The normalized spacial score (nSPS) is 19.8. The van der Waals surface area contributed by atoms with E-state index in [1.54, 1.807) is 0 Å². The summed E-state index contributed by atoms with van der Waals surface area (Å²) in [5.41, 5.74) is 11.0. The van der Waals surface area contributed by atoms with Crippen molar-refractivity contribution in [3.63, 3.8) is 0 Å². The molecular weight excluding hydrogens is 478 g/mol. The van der Waals surface area contributed by atoms with Gasteiger partial charge in [0.2, 0.25) is 0 Å². The molecule has 1 amide bonds.